The summed E-state index contributed by atoms with van der Waals surface area (Å²) in [6.07, 6.45) is 1.91. The summed E-state index contributed by atoms with van der Waals surface area (Å²) in [5, 5.41) is 14.6. The minimum Gasteiger partial charge on any atom is -0.346 e. The Balaban J connectivity index is 1.50. The standard InChI is InChI=1S/C24H22ClN5O2/c1-16(23-29-28-21-13-7-8-14-30(21)23)26-22(31)15-20(17-9-3-2-4-10-17)27-24(32)18-11-5-6-12-19(18)25/h2-14,16,20H,15H2,1H3,(H,26,31)(H,27,32)/t16-,20-/m1/s1. The number of carbonyl (C=O) groups excluding carboxylic acids is 2. The van der Waals surface area contributed by atoms with Crippen LogP contribution >= 0.6 is 11.6 Å². The van der Waals surface area contributed by atoms with Crippen LogP contribution in [0.5, 0.6) is 0 Å². The quantitative estimate of drug-likeness (QED) is 0.446. The van der Waals surface area contributed by atoms with Crippen molar-refractivity contribution in [2.24, 2.45) is 0 Å². The first-order valence-corrected chi connectivity index (χ1v) is 10.6. The summed E-state index contributed by atoms with van der Waals surface area (Å²) in [5.74, 6) is 0.0672. The normalized spacial score (nSPS) is 12.8. The highest BCUT2D eigenvalue weighted by molar-refractivity contribution is 6.33. The van der Waals surface area contributed by atoms with Gasteiger partial charge in [0.25, 0.3) is 5.91 Å². The van der Waals surface area contributed by atoms with Crippen molar-refractivity contribution in [2.45, 2.75) is 25.4 Å². The summed E-state index contributed by atoms with van der Waals surface area (Å²) < 4.78 is 1.83. The Morgan fingerprint density at radius 1 is 0.938 bits per heavy atom. The van der Waals surface area contributed by atoms with Crippen LogP contribution in [0, 0.1) is 0 Å². The van der Waals surface area contributed by atoms with Gasteiger partial charge in [-0.25, -0.2) is 0 Å². The molecule has 32 heavy (non-hydrogen) atoms. The molecule has 4 aromatic rings. The molecule has 2 heterocycles. The first-order valence-electron chi connectivity index (χ1n) is 10.2. The van der Waals surface area contributed by atoms with Crippen LogP contribution < -0.4 is 10.6 Å². The van der Waals surface area contributed by atoms with Crippen LogP contribution in [0.25, 0.3) is 5.65 Å². The number of fused-ring (bicyclic) bond motifs is 1. The summed E-state index contributed by atoms with van der Waals surface area (Å²) in [6.45, 7) is 1.85. The van der Waals surface area contributed by atoms with Crippen LogP contribution in [0.15, 0.2) is 79.0 Å². The lowest BCUT2D eigenvalue weighted by molar-refractivity contribution is -0.122. The summed E-state index contributed by atoms with van der Waals surface area (Å²) >= 11 is 6.17. The monoisotopic (exact) mass is 447 g/mol. The molecule has 2 atom stereocenters. The highest BCUT2D eigenvalue weighted by atomic mass is 35.5. The van der Waals surface area contributed by atoms with Crippen molar-refractivity contribution in [3.63, 3.8) is 0 Å². The third-order valence-corrected chi connectivity index (χ3v) is 5.45. The number of benzene rings is 2. The van der Waals surface area contributed by atoms with E-state index >= 15 is 0 Å². The topological polar surface area (TPSA) is 88.4 Å². The fourth-order valence-electron chi connectivity index (χ4n) is 3.52. The van der Waals surface area contributed by atoms with E-state index in [1.54, 1.807) is 24.3 Å². The number of nitrogens with one attached hydrogen (secondary N) is 2. The molecule has 0 bridgehead atoms. The predicted molar refractivity (Wildman–Crippen MR) is 122 cm³/mol. The molecule has 2 amide bonds. The van der Waals surface area contributed by atoms with Gasteiger partial charge in [0.2, 0.25) is 5.91 Å². The van der Waals surface area contributed by atoms with Crippen molar-refractivity contribution in [1.29, 1.82) is 0 Å². The summed E-state index contributed by atoms with van der Waals surface area (Å²) in [6, 6.07) is 20.9. The molecule has 0 saturated heterocycles. The first kappa shape index (κ1) is 21.5. The van der Waals surface area contributed by atoms with Crippen LogP contribution in [0.4, 0.5) is 0 Å². The van der Waals surface area contributed by atoms with E-state index in [0.29, 0.717) is 22.1 Å². The molecule has 0 unspecified atom stereocenters. The molecule has 0 aliphatic rings. The Morgan fingerprint density at radius 2 is 1.66 bits per heavy atom. The molecule has 7 nitrogen and oxygen atoms in total. The molecule has 2 aromatic heterocycles. The van der Waals surface area contributed by atoms with Crippen molar-refractivity contribution in [3.8, 4) is 0 Å². The lowest BCUT2D eigenvalue weighted by Gasteiger charge is -2.21. The van der Waals surface area contributed by atoms with Gasteiger partial charge in [-0.05, 0) is 36.8 Å². The van der Waals surface area contributed by atoms with Crippen LogP contribution in [0.2, 0.25) is 5.02 Å². The van der Waals surface area contributed by atoms with Crippen molar-refractivity contribution in [2.75, 3.05) is 0 Å². The van der Waals surface area contributed by atoms with Gasteiger partial charge in [0.1, 0.15) is 0 Å². The number of aromatic nitrogens is 3. The van der Waals surface area contributed by atoms with Gasteiger partial charge < -0.3 is 10.6 Å². The summed E-state index contributed by atoms with van der Waals surface area (Å²) in [4.78, 5) is 25.7. The number of hydrogen-bond acceptors (Lipinski definition) is 4. The zero-order valence-electron chi connectivity index (χ0n) is 17.4. The fraction of sp³-hybridized carbons (Fsp3) is 0.167. The third-order valence-electron chi connectivity index (χ3n) is 5.12. The molecular weight excluding hydrogens is 426 g/mol. The van der Waals surface area contributed by atoms with E-state index in [4.69, 9.17) is 11.6 Å². The van der Waals surface area contributed by atoms with E-state index in [0.717, 1.165) is 5.56 Å². The first-order chi connectivity index (χ1) is 15.5. The average molecular weight is 448 g/mol. The molecule has 0 spiro atoms. The molecular formula is C24H22ClN5O2. The number of nitrogens with zero attached hydrogens (tertiary/aromatic N) is 3. The predicted octanol–water partition coefficient (Wildman–Crippen LogP) is 4.12. The lowest BCUT2D eigenvalue weighted by atomic mass is 10.0. The van der Waals surface area contributed by atoms with E-state index < -0.39 is 6.04 Å². The highest BCUT2D eigenvalue weighted by Crippen LogP contribution is 2.21. The number of carbonyl (C=O) groups is 2. The Kier molecular flexibility index (Phi) is 6.47. The van der Waals surface area contributed by atoms with Crippen molar-refractivity contribution in [3.05, 3.63) is 101 Å². The summed E-state index contributed by atoms with van der Waals surface area (Å²) in [5.41, 5.74) is 1.89. The van der Waals surface area contributed by atoms with Gasteiger partial charge in [-0.3, -0.25) is 14.0 Å². The summed E-state index contributed by atoms with van der Waals surface area (Å²) in [7, 11) is 0. The van der Waals surface area contributed by atoms with Gasteiger partial charge in [-0.1, -0.05) is 60.1 Å². The SMILES string of the molecule is C[C@@H](NC(=O)C[C@@H](NC(=O)c1ccccc1Cl)c1ccccc1)c1nnc2ccccn12. The maximum atomic E-state index is 12.9. The van der Waals surface area contributed by atoms with E-state index in [1.807, 2.05) is 66.1 Å². The number of pyridine rings is 1. The Morgan fingerprint density at radius 3 is 2.44 bits per heavy atom. The van der Waals surface area contributed by atoms with Crippen LogP contribution in [0.3, 0.4) is 0 Å². The maximum absolute atomic E-state index is 12.9. The lowest BCUT2D eigenvalue weighted by Crippen LogP contribution is -2.35. The zero-order valence-corrected chi connectivity index (χ0v) is 18.2. The molecule has 8 heteroatoms. The fourth-order valence-corrected chi connectivity index (χ4v) is 3.75. The number of hydrogen-bond donors (Lipinski definition) is 2. The van der Waals surface area contributed by atoms with Gasteiger partial charge in [-0.15, -0.1) is 10.2 Å². The molecule has 162 valence electrons. The van der Waals surface area contributed by atoms with Crippen LogP contribution in [-0.4, -0.2) is 26.4 Å². The minimum absolute atomic E-state index is 0.0568. The van der Waals surface area contributed by atoms with Gasteiger partial charge in [-0.2, -0.15) is 0 Å². The average Bonchev–Trinajstić information content (AvgIpc) is 3.24. The highest BCUT2D eigenvalue weighted by Gasteiger charge is 2.22. The van der Waals surface area contributed by atoms with Crippen LogP contribution in [-0.2, 0) is 4.79 Å². The number of amides is 2. The molecule has 0 saturated carbocycles. The van der Waals surface area contributed by atoms with Crippen LogP contribution in [0.1, 0.15) is 47.2 Å². The van der Waals surface area contributed by atoms with E-state index in [1.165, 1.54) is 0 Å². The van der Waals surface area contributed by atoms with Crippen molar-refractivity contribution >= 4 is 29.1 Å². The zero-order chi connectivity index (χ0) is 22.5. The second kappa shape index (κ2) is 9.62. The van der Waals surface area contributed by atoms with E-state index in [9.17, 15) is 9.59 Å². The minimum atomic E-state index is -0.526. The van der Waals surface area contributed by atoms with Gasteiger partial charge >= 0.3 is 0 Å². The molecule has 0 aliphatic heterocycles. The molecule has 2 aromatic carbocycles. The number of rotatable bonds is 7. The largest absolute Gasteiger partial charge is 0.346 e. The molecule has 0 fully saturated rings. The smallest absolute Gasteiger partial charge is 0.253 e. The Labute approximate surface area is 190 Å². The molecule has 4 rings (SSSR count). The maximum Gasteiger partial charge on any atom is 0.253 e. The van der Waals surface area contributed by atoms with Gasteiger partial charge in [0, 0.05) is 6.20 Å². The Hall–Kier alpha value is -3.71. The molecule has 0 aliphatic carbocycles. The van der Waals surface area contributed by atoms with Gasteiger partial charge in [0.15, 0.2) is 11.5 Å². The third kappa shape index (κ3) is 4.78. The Bertz CT molecular complexity index is 1240. The second-order valence-corrected chi connectivity index (χ2v) is 7.80. The van der Waals surface area contributed by atoms with E-state index in [-0.39, 0.29) is 24.3 Å². The number of halogens is 1. The van der Waals surface area contributed by atoms with E-state index in [2.05, 4.69) is 20.8 Å². The molecule has 2 N–H and O–H groups in total. The van der Waals surface area contributed by atoms with Crippen molar-refractivity contribution < 1.29 is 9.59 Å². The second-order valence-electron chi connectivity index (χ2n) is 7.40. The van der Waals surface area contributed by atoms with Gasteiger partial charge in [0.05, 0.1) is 29.1 Å². The van der Waals surface area contributed by atoms with Crippen molar-refractivity contribution in [1.82, 2.24) is 25.2 Å². The molecule has 0 radical (unpaired) electrons.